The fraction of sp³-hybridized carbons (Fsp3) is 0.941. The van der Waals surface area contributed by atoms with Crippen molar-refractivity contribution in [2.24, 2.45) is 23.2 Å². The van der Waals surface area contributed by atoms with Gasteiger partial charge in [0.25, 0.3) is 0 Å². The summed E-state index contributed by atoms with van der Waals surface area (Å²) in [5.74, 6) is 2.28. The molecule has 20 heavy (non-hydrogen) atoms. The van der Waals surface area contributed by atoms with Crippen LogP contribution in [0.2, 0.25) is 0 Å². The summed E-state index contributed by atoms with van der Waals surface area (Å²) < 4.78 is 0. The number of hydrogen-bond acceptors (Lipinski definition) is 1. The van der Waals surface area contributed by atoms with Crippen LogP contribution in [0.1, 0.15) is 66.7 Å². The molecule has 0 aromatic heterocycles. The highest BCUT2D eigenvalue weighted by molar-refractivity contribution is 6.17. The summed E-state index contributed by atoms with van der Waals surface area (Å²) in [6.07, 6.45) is 5.31. The molecule has 0 aromatic rings. The van der Waals surface area contributed by atoms with Crippen LogP contribution >= 0.6 is 11.6 Å². The zero-order valence-electron chi connectivity index (χ0n) is 13.8. The maximum absolute atomic E-state index is 12.4. The third-order valence-electron chi connectivity index (χ3n) is 4.88. The average Bonchev–Trinajstić information content (AvgIpc) is 2.37. The highest BCUT2D eigenvalue weighted by atomic mass is 35.5. The SMILES string of the molecule is CC(C)C(CCCl)NC(=O)C1CCC(C(C)(C)C)CC1. The van der Waals surface area contributed by atoms with E-state index < -0.39 is 0 Å². The van der Waals surface area contributed by atoms with E-state index in [9.17, 15) is 4.79 Å². The van der Waals surface area contributed by atoms with Gasteiger partial charge in [-0.25, -0.2) is 0 Å². The van der Waals surface area contributed by atoms with Gasteiger partial charge in [-0.3, -0.25) is 4.79 Å². The molecule has 0 aliphatic heterocycles. The Morgan fingerprint density at radius 2 is 1.75 bits per heavy atom. The van der Waals surface area contributed by atoms with Crippen molar-refractivity contribution in [2.45, 2.75) is 72.8 Å². The number of hydrogen-bond donors (Lipinski definition) is 1. The van der Waals surface area contributed by atoms with Crippen LogP contribution in [0, 0.1) is 23.2 Å². The number of amides is 1. The Bertz CT molecular complexity index is 301. The fourth-order valence-corrected chi connectivity index (χ4v) is 3.45. The normalized spacial score (nSPS) is 25.6. The molecule has 1 amide bonds. The minimum absolute atomic E-state index is 0.213. The van der Waals surface area contributed by atoms with Gasteiger partial charge < -0.3 is 5.32 Å². The first-order valence-electron chi connectivity index (χ1n) is 8.12. The van der Waals surface area contributed by atoms with Crippen LogP contribution in [0.15, 0.2) is 0 Å². The first-order chi connectivity index (χ1) is 9.25. The average molecular weight is 302 g/mol. The number of carbonyl (C=O) groups is 1. The van der Waals surface area contributed by atoms with Gasteiger partial charge in [-0.1, -0.05) is 34.6 Å². The highest BCUT2D eigenvalue weighted by Gasteiger charge is 2.33. The number of carbonyl (C=O) groups excluding carboxylic acids is 1. The van der Waals surface area contributed by atoms with Crippen molar-refractivity contribution in [1.82, 2.24) is 5.32 Å². The lowest BCUT2D eigenvalue weighted by molar-refractivity contribution is -0.127. The molecule has 0 spiro atoms. The van der Waals surface area contributed by atoms with E-state index in [1.807, 2.05) is 0 Å². The van der Waals surface area contributed by atoms with Gasteiger partial charge in [0, 0.05) is 17.8 Å². The van der Waals surface area contributed by atoms with E-state index >= 15 is 0 Å². The van der Waals surface area contributed by atoms with Crippen LogP contribution < -0.4 is 5.32 Å². The monoisotopic (exact) mass is 301 g/mol. The molecular formula is C17H32ClNO. The van der Waals surface area contributed by atoms with Crippen LogP contribution in [0.5, 0.6) is 0 Å². The van der Waals surface area contributed by atoms with Crippen molar-refractivity contribution >= 4 is 17.5 Å². The van der Waals surface area contributed by atoms with Crippen molar-refractivity contribution in [2.75, 3.05) is 5.88 Å². The van der Waals surface area contributed by atoms with Gasteiger partial charge in [0.15, 0.2) is 0 Å². The van der Waals surface area contributed by atoms with Gasteiger partial charge in [-0.05, 0) is 49.4 Å². The van der Waals surface area contributed by atoms with Gasteiger partial charge in [0.05, 0.1) is 0 Å². The Kier molecular flexibility index (Phi) is 6.84. The standard InChI is InChI=1S/C17H32ClNO/c1-12(2)15(10-11-18)19-16(20)13-6-8-14(9-7-13)17(3,4)5/h12-15H,6-11H2,1-5H3,(H,19,20). The fourth-order valence-electron chi connectivity index (χ4n) is 3.21. The molecule has 0 saturated heterocycles. The van der Waals surface area contributed by atoms with E-state index in [2.05, 4.69) is 39.9 Å². The predicted molar refractivity (Wildman–Crippen MR) is 87.0 cm³/mol. The van der Waals surface area contributed by atoms with E-state index in [-0.39, 0.29) is 17.9 Å². The van der Waals surface area contributed by atoms with Gasteiger partial charge in [0.1, 0.15) is 0 Å². The van der Waals surface area contributed by atoms with Crippen molar-refractivity contribution in [3.8, 4) is 0 Å². The lowest BCUT2D eigenvalue weighted by atomic mass is 9.69. The minimum atomic E-state index is 0.213. The zero-order valence-corrected chi connectivity index (χ0v) is 14.6. The summed E-state index contributed by atoms with van der Waals surface area (Å²) >= 11 is 5.83. The Balaban J connectivity index is 2.46. The molecule has 1 unspecified atom stereocenters. The van der Waals surface area contributed by atoms with Gasteiger partial charge in [0.2, 0.25) is 5.91 Å². The number of halogens is 1. The number of alkyl halides is 1. The Morgan fingerprint density at radius 1 is 1.20 bits per heavy atom. The summed E-state index contributed by atoms with van der Waals surface area (Å²) in [6.45, 7) is 11.2. The minimum Gasteiger partial charge on any atom is -0.353 e. The molecule has 0 radical (unpaired) electrons. The Morgan fingerprint density at radius 3 is 2.15 bits per heavy atom. The molecule has 1 saturated carbocycles. The second-order valence-corrected chi connectivity index (χ2v) is 8.13. The largest absolute Gasteiger partial charge is 0.353 e. The lowest BCUT2D eigenvalue weighted by Crippen LogP contribution is -2.43. The lowest BCUT2D eigenvalue weighted by Gasteiger charge is -2.37. The molecule has 1 aliphatic carbocycles. The molecule has 1 N–H and O–H groups in total. The molecule has 1 atom stereocenters. The van der Waals surface area contributed by atoms with Crippen LogP contribution in [0.4, 0.5) is 0 Å². The smallest absolute Gasteiger partial charge is 0.223 e. The van der Waals surface area contributed by atoms with Crippen LogP contribution in [-0.2, 0) is 4.79 Å². The number of nitrogens with one attached hydrogen (secondary N) is 1. The van der Waals surface area contributed by atoms with E-state index in [0.717, 1.165) is 25.2 Å². The van der Waals surface area contributed by atoms with E-state index in [4.69, 9.17) is 11.6 Å². The topological polar surface area (TPSA) is 29.1 Å². The summed E-state index contributed by atoms with van der Waals surface area (Å²) in [5, 5.41) is 3.22. The van der Waals surface area contributed by atoms with Crippen LogP contribution in [-0.4, -0.2) is 17.8 Å². The summed E-state index contributed by atoms with van der Waals surface area (Å²) in [6, 6.07) is 0.223. The molecule has 0 heterocycles. The molecule has 2 nitrogen and oxygen atoms in total. The van der Waals surface area contributed by atoms with Gasteiger partial charge >= 0.3 is 0 Å². The Hall–Kier alpha value is -0.240. The van der Waals surface area contributed by atoms with E-state index in [1.54, 1.807) is 0 Å². The predicted octanol–water partition coefficient (Wildman–Crippen LogP) is 4.61. The maximum Gasteiger partial charge on any atom is 0.223 e. The summed E-state index contributed by atoms with van der Waals surface area (Å²) in [4.78, 5) is 12.4. The van der Waals surface area contributed by atoms with Gasteiger partial charge in [-0.2, -0.15) is 0 Å². The molecular weight excluding hydrogens is 270 g/mol. The molecule has 1 fully saturated rings. The van der Waals surface area contributed by atoms with Crippen molar-refractivity contribution in [3.05, 3.63) is 0 Å². The van der Waals surface area contributed by atoms with Crippen molar-refractivity contribution in [1.29, 1.82) is 0 Å². The van der Waals surface area contributed by atoms with Crippen molar-refractivity contribution in [3.63, 3.8) is 0 Å². The first-order valence-corrected chi connectivity index (χ1v) is 8.65. The maximum atomic E-state index is 12.4. The highest BCUT2D eigenvalue weighted by Crippen LogP contribution is 2.39. The quantitative estimate of drug-likeness (QED) is 0.738. The molecule has 3 heteroatoms. The summed E-state index contributed by atoms with van der Waals surface area (Å²) in [5.41, 5.74) is 0.376. The second-order valence-electron chi connectivity index (χ2n) is 7.75. The molecule has 118 valence electrons. The van der Waals surface area contributed by atoms with Crippen molar-refractivity contribution < 1.29 is 4.79 Å². The van der Waals surface area contributed by atoms with E-state index in [0.29, 0.717) is 17.2 Å². The van der Waals surface area contributed by atoms with Gasteiger partial charge in [-0.15, -0.1) is 11.6 Å². The zero-order chi connectivity index (χ0) is 15.3. The number of rotatable bonds is 5. The van der Waals surface area contributed by atoms with Crippen LogP contribution in [0.3, 0.4) is 0 Å². The molecule has 0 bridgehead atoms. The second kappa shape index (κ2) is 7.68. The third-order valence-corrected chi connectivity index (χ3v) is 5.09. The first kappa shape index (κ1) is 17.8. The molecule has 0 aromatic carbocycles. The Labute approximate surface area is 130 Å². The summed E-state index contributed by atoms with van der Waals surface area (Å²) in [7, 11) is 0. The molecule has 1 aliphatic rings. The van der Waals surface area contributed by atoms with Crippen LogP contribution in [0.25, 0.3) is 0 Å². The van der Waals surface area contributed by atoms with E-state index in [1.165, 1.54) is 12.8 Å². The third kappa shape index (κ3) is 5.27. The molecule has 1 rings (SSSR count).